The van der Waals surface area contributed by atoms with Gasteiger partial charge in [0.15, 0.2) is 0 Å². The maximum atomic E-state index is 5.52. The van der Waals surface area contributed by atoms with Crippen molar-refractivity contribution in [3.05, 3.63) is 18.0 Å². The summed E-state index contributed by atoms with van der Waals surface area (Å²) >= 11 is 0. The summed E-state index contributed by atoms with van der Waals surface area (Å²) in [6.45, 7) is 4.99. The standard InChI is InChI=1S/C11H19N3O/c1-9-10(4-6-15-9)7-12-8-11-3-5-13-14(11)2/h3,5,9-10,12H,4,6-8H2,1-2H3. The van der Waals surface area contributed by atoms with Crippen molar-refractivity contribution in [3.8, 4) is 0 Å². The van der Waals surface area contributed by atoms with Crippen LogP contribution in [-0.4, -0.2) is 29.0 Å². The molecule has 2 rings (SSSR count). The molecule has 2 unspecified atom stereocenters. The summed E-state index contributed by atoms with van der Waals surface area (Å²) in [4.78, 5) is 0. The molecular formula is C11H19N3O. The average molecular weight is 209 g/mol. The van der Waals surface area contributed by atoms with Gasteiger partial charge in [0.25, 0.3) is 0 Å². The van der Waals surface area contributed by atoms with Crippen LogP contribution < -0.4 is 5.32 Å². The highest BCUT2D eigenvalue weighted by Gasteiger charge is 2.23. The Bertz CT molecular complexity index is 311. The van der Waals surface area contributed by atoms with Crippen molar-refractivity contribution in [1.29, 1.82) is 0 Å². The van der Waals surface area contributed by atoms with Crippen LogP contribution in [0.5, 0.6) is 0 Å². The molecule has 1 saturated heterocycles. The van der Waals surface area contributed by atoms with Gasteiger partial charge < -0.3 is 10.1 Å². The first-order valence-electron chi connectivity index (χ1n) is 5.56. The van der Waals surface area contributed by atoms with Gasteiger partial charge in [-0.05, 0) is 25.3 Å². The molecule has 0 spiro atoms. The average Bonchev–Trinajstić information content (AvgIpc) is 2.78. The van der Waals surface area contributed by atoms with Crippen LogP contribution in [-0.2, 0) is 18.3 Å². The molecule has 2 atom stereocenters. The fourth-order valence-corrected chi connectivity index (χ4v) is 2.00. The van der Waals surface area contributed by atoms with Crippen LogP contribution in [0.2, 0.25) is 0 Å². The van der Waals surface area contributed by atoms with Crippen LogP contribution in [0.15, 0.2) is 12.3 Å². The number of hydrogen-bond donors (Lipinski definition) is 1. The number of aromatic nitrogens is 2. The molecular weight excluding hydrogens is 190 g/mol. The molecule has 0 amide bonds. The zero-order valence-corrected chi connectivity index (χ0v) is 9.44. The highest BCUT2D eigenvalue weighted by Crippen LogP contribution is 2.19. The van der Waals surface area contributed by atoms with Gasteiger partial charge in [0.2, 0.25) is 0 Å². The van der Waals surface area contributed by atoms with E-state index >= 15 is 0 Å². The molecule has 2 heterocycles. The first-order valence-corrected chi connectivity index (χ1v) is 5.56. The van der Waals surface area contributed by atoms with Gasteiger partial charge in [0.1, 0.15) is 0 Å². The lowest BCUT2D eigenvalue weighted by Gasteiger charge is -2.14. The van der Waals surface area contributed by atoms with Crippen molar-refractivity contribution < 1.29 is 4.74 Å². The minimum absolute atomic E-state index is 0.407. The zero-order chi connectivity index (χ0) is 10.7. The third kappa shape index (κ3) is 2.58. The summed E-state index contributed by atoms with van der Waals surface area (Å²) < 4.78 is 7.42. The molecule has 0 radical (unpaired) electrons. The molecule has 0 aromatic carbocycles. The second-order valence-electron chi connectivity index (χ2n) is 4.20. The van der Waals surface area contributed by atoms with Crippen LogP contribution in [0.1, 0.15) is 19.0 Å². The number of hydrogen-bond acceptors (Lipinski definition) is 3. The predicted octanol–water partition coefficient (Wildman–Crippen LogP) is 0.935. The molecule has 1 aromatic rings. The van der Waals surface area contributed by atoms with Gasteiger partial charge in [0.05, 0.1) is 11.8 Å². The van der Waals surface area contributed by atoms with Crippen molar-refractivity contribution in [2.75, 3.05) is 13.2 Å². The highest BCUT2D eigenvalue weighted by molar-refractivity contribution is 4.99. The maximum Gasteiger partial charge on any atom is 0.0588 e. The first kappa shape index (κ1) is 10.6. The molecule has 1 fully saturated rings. The monoisotopic (exact) mass is 209 g/mol. The van der Waals surface area contributed by atoms with Crippen LogP contribution in [0, 0.1) is 5.92 Å². The summed E-state index contributed by atoms with van der Waals surface area (Å²) in [5.74, 6) is 0.665. The Balaban J connectivity index is 1.73. The topological polar surface area (TPSA) is 39.1 Å². The quantitative estimate of drug-likeness (QED) is 0.802. The molecule has 1 aliphatic heterocycles. The fourth-order valence-electron chi connectivity index (χ4n) is 2.00. The molecule has 84 valence electrons. The van der Waals surface area contributed by atoms with Crippen LogP contribution in [0.3, 0.4) is 0 Å². The summed E-state index contributed by atoms with van der Waals surface area (Å²) in [6.07, 6.45) is 3.42. The summed E-state index contributed by atoms with van der Waals surface area (Å²) in [7, 11) is 1.97. The molecule has 1 aromatic heterocycles. The van der Waals surface area contributed by atoms with E-state index in [-0.39, 0.29) is 0 Å². The minimum Gasteiger partial charge on any atom is -0.378 e. The van der Waals surface area contributed by atoms with Gasteiger partial charge in [-0.25, -0.2) is 0 Å². The lowest BCUT2D eigenvalue weighted by Crippen LogP contribution is -2.27. The van der Waals surface area contributed by atoms with E-state index in [2.05, 4.69) is 17.3 Å². The molecule has 15 heavy (non-hydrogen) atoms. The predicted molar refractivity (Wildman–Crippen MR) is 58.4 cm³/mol. The second-order valence-corrected chi connectivity index (χ2v) is 4.20. The summed E-state index contributed by atoms with van der Waals surface area (Å²) in [5.41, 5.74) is 1.22. The van der Waals surface area contributed by atoms with Crippen molar-refractivity contribution in [1.82, 2.24) is 15.1 Å². The van der Waals surface area contributed by atoms with E-state index < -0.39 is 0 Å². The van der Waals surface area contributed by atoms with Crippen molar-refractivity contribution >= 4 is 0 Å². The Morgan fingerprint density at radius 1 is 1.67 bits per heavy atom. The van der Waals surface area contributed by atoms with Gasteiger partial charge in [0, 0.05) is 32.9 Å². The zero-order valence-electron chi connectivity index (χ0n) is 9.44. The second kappa shape index (κ2) is 4.77. The lowest BCUT2D eigenvalue weighted by molar-refractivity contribution is 0.105. The number of rotatable bonds is 4. The Morgan fingerprint density at radius 2 is 2.53 bits per heavy atom. The largest absolute Gasteiger partial charge is 0.378 e. The number of nitrogens with zero attached hydrogens (tertiary/aromatic N) is 2. The van der Waals surface area contributed by atoms with E-state index in [9.17, 15) is 0 Å². The number of nitrogens with one attached hydrogen (secondary N) is 1. The summed E-state index contributed by atoms with van der Waals surface area (Å²) in [5, 5.41) is 7.59. The molecule has 1 N–H and O–H groups in total. The number of ether oxygens (including phenoxy) is 1. The molecule has 4 heteroatoms. The SMILES string of the molecule is CC1OCCC1CNCc1ccnn1C. The summed E-state index contributed by atoms with van der Waals surface area (Å²) in [6, 6.07) is 2.04. The third-order valence-electron chi connectivity index (χ3n) is 3.17. The van der Waals surface area contributed by atoms with E-state index in [0.717, 1.165) is 19.7 Å². The highest BCUT2D eigenvalue weighted by atomic mass is 16.5. The molecule has 4 nitrogen and oxygen atoms in total. The Morgan fingerprint density at radius 3 is 3.13 bits per heavy atom. The molecule has 0 bridgehead atoms. The molecule has 0 saturated carbocycles. The lowest BCUT2D eigenvalue weighted by atomic mass is 10.0. The Kier molecular flexibility index (Phi) is 3.38. The number of aryl methyl sites for hydroxylation is 1. The Labute approximate surface area is 90.6 Å². The smallest absolute Gasteiger partial charge is 0.0588 e. The van der Waals surface area contributed by atoms with Gasteiger partial charge in [-0.15, -0.1) is 0 Å². The van der Waals surface area contributed by atoms with Gasteiger partial charge >= 0.3 is 0 Å². The van der Waals surface area contributed by atoms with E-state index in [4.69, 9.17) is 4.74 Å². The van der Waals surface area contributed by atoms with E-state index in [1.807, 2.05) is 24.0 Å². The van der Waals surface area contributed by atoms with E-state index in [0.29, 0.717) is 12.0 Å². The van der Waals surface area contributed by atoms with Gasteiger partial charge in [-0.3, -0.25) is 4.68 Å². The third-order valence-corrected chi connectivity index (χ3v) is 3.17. The van der Waals surface area contributed by atoms with E-state index in [1.165, 1.54) is 12.1 Å². The maximum absolute atomic E-state index is 5.52. The van der Waals surface area contributed by atoms with Crippen LogP contribution in [0.25, 0.3) is 0 Å². The molecule has 0 aliphatic carbocycles. The minimum atomic E-state index is 0.407. The molecule has 1 aliphatic rings. The first-order chi connectivity index (χ1) is 7.27. The van der Waals surface area contributed by atoms with Crippen LogP contribution in [0.4, 0.5) is 0 Å². The normalized spacial score (nSPS) is 26.0. The fraction of sp³-hybridized carbons (Fsp3) is 0.727. The Hall–Kier alpha value is -0.870. The van der Waals surface area contributed by atoms with Crippen molar-refractivity contribution in [2.24, 2.45) is 13.0 Å². The van der Waals surface area contributed by atoms with E-state index in [1.54, 1.807) is 0 Å². The van der Waals surface area contributed by atoms with Gasteiger partial charge in [-0.1, -0.05) is 0 Å². The van der Waals surface area contributed by atoms with Crippen LogP contribution >= 0.6 is 0 Å². The van der Waals surface area contributed by atoms with Gasteiger partial charge in [-0.2, -0.15) is 5.10 Å². The van der Waals surface area contributed by atoms with Crippen molar-refractivity contribution in [2.45, 2.75) is 26.0 Å². The van der Waals surface area contributed by atoms with Crippen molar-refractivity contribution in [3.63, 3.8) is 0 Å².